The molecule has 0 spiro atoms. The van der Waals surface area contributed by atoms with E-state index in [4.69, 9.17) is 4.74 Å². The van der Waals surface area contributed by atoms with Gasteiger partial charge in [0.25, 0.3) is 0 Å². The summed E-state index contributed by atoms with van der Waals surface area (Å²) in [5.74, 6) is -0.0852. The van der Waals surface area contributed by atoms with Crippen LogP contribution >= 0.6 is 0 Å². The van der Waals surface area contributed by atoms with Gasteiger partial charge in [0, 0.05) is 0 Å². The molecule has 0 saturated carbocycles. The Morgan fingerprint density at radius 2 is 2.17 bits per heavy atom. The lowest BCUT2D eigenvalue weighted by molar-refractivity contribution is 0.386. The van der Waals surface area contributed by atoms with Gasteiger partial charge in [0.15, 0.2) is 11.6 Å². The molecule has 0 unspecified atom stereocenters. The highest BCUT2D eigenvalue weighted by atomic mass is 18.2. The van der Waals surface area contributed by atoms with Crippen molar-refractivity contribution in [2.45, 2.75) is 6.92 Å². The molecule has 0 aliphatic heterocycles. The average molecular weight is 165 g/mol. The van der Waals surface area contributed by atoms with Gasteiger partial charge in [-0.25, -0.2) is 4.39 Å². The summed E-state index contributed by atoms with van der Waals surface area (Å²) in [6.07, 6.45) is 0. The van der Waals surface area contributed by atoms with E-state index in [9.17, 15) is 4.39 Å². The van der Waals surface area contributed by atoms with Gasteiger partial charge < -0.3 is 4.74 Å². The first kappa shape index (κ1) is 8.78. The molecule has 0 aliphatic rings. The molecular weight excluding hydrogens is 154 g/mol. The molecule has 0 saturated heterocycles. The smallest absolute Gasteiger partial charge is 0.165 e. The van der Waals surface area contributed by atoms with E-state index >= 15 is 0 Å². The van der Waals surface area contributed by atoms with Gasteiger partial charge in [-0.1, -0.05) is 18.2 Å². The van der Waals surface area contributed by atoms with Crippen LogP contribution in [0.2, 0.25) is 0 Å². The Balaban J connectivity index is 3.13. The fourth-order valence-electron chi connectivity index (χ4n) is 0.925. The van der Waals surface area contributed by atoms with Crippen molar-refractivity contribution in [2.24, 2.45) is 0 Å². The summed E-state index contributed by atoms with van der Waals surface area (Å²) >= 11 is 0. The van der Waals surface area contributed by atoms with E-state index < -0.39 is 0 Å². The van der Waals surface area contributed by atoms with Gasteiger partial charge in [-0.3, -0.25) is 0 Å². The minimum absolute atomic E-state index is 0.260. The van der Waals surface area contributed by atoms with Crippen molar-refractivity contribution in [2.75, 3.05) is 7.11 Å². The molecule has 0 atom stereocenters. The third-order valence-corrected chi connectivity index (χ3v) is 1.64. The molecule has 1 nitrogen and oxygen atoms in total. The summed E-state index contributed by atoms with van der Waals surface area (Å²) in [7, 11) is 1.45. The second kappa shape index (κ2) is 3.39. The zero-order valence-electron chi connectivity index (χ0n) is 7.23. The molecule has 0 fully saturated rings. The first-order valence-corrected chi connectivity index (χ1v) is 3.64. The molecule has 0 bridgehead atoms. The van der Waals surface area contributed by atoms with Crippen LogP contribution in [0.5, 0.6) is 5.75 Å². The molecule has 0 aromatic heterocycles. The molecule has 12 heavy (non-hydrogen) atoms. The predicted octanol–water partition coefficient (Wildman–Crippen LogP) is 2.87. The van der Waals surface area contributed by atoms with E-state index in [1.807, 2.05) is 6.92 Å². The zero-order chi connectivity index (χ0) is 9.14. The van der Waals surface area contributed by atoms with Gasteiger partial charge in [-0.05, 0) is 24.6 Å². The molecule has 0 radical (unpaired) electrons. The number of ether oxygens (including phenoxy) is 1. The molecule has 0 N–H and O–H groups in total. The Kier molecular flexibility index (Phi) is 2.48. The lowest BCUT2D eigenvalue weighted by Gasteiger charge is -2.04. The highest BCUT2D eigenvalue weighted by Crippen LogP contribution is 2.21. The second-order valence-corrected chi connectivity index (χ2v) is 2.63. The summed E-state index contributed by atoms with van der Waals surface area (Å²) < 4.78 is 17.7. The van der Waals surface area contributed by atoms with Gasteiger partial charge in [0.2, 0.25) is 0 Å². The quantitative estimate of drug-likeness (QED) is 0.654. The molecule has 1 aromatic carbocycles. The van der Waals surface area contributed by atoms with Gasteiger partial charge in [-0.2, -0.15) is 0 Å². The number of halogens is 1. The van der Waals surface area contributed by atoms with Crippen LogP contribution in [0.1, 0.15) is 12.5 Å². The number of hydrogen-bond acceptors (Lipinski definition) is 1. The van der Waals surface area contributed by atoms with Crippen LogP contribution < -0.4 is 4.74 Å². The van der Waals surface area contributed by atoms with Gasteiger partial charge in [0.1, 0.15) is 0 Å². The van der Waals surface area contributed by atoms with Crippen LogP contribution in [-0.2, 0) is 0 Å². The van der Waals surface area contributed by atoms with E-state index in [2.05, 4.69) is 6.58 Å². The van der Waals surface area contributed by atoms with Crippen molar-refractivity contribution in [1.82, 2.24) is 0 Å². The Labute approximate surface area is 71.5 Å². The summed E-state index contributed by atoms with van der Waals surface area (Å²) in [6, 6.07) is 4.70. The number of hydrogen-bond donors (Lipinski definition) is 0. The fourth-order valence-corrected chi connectivity index (χ4v) is 0.925. The van der Waals surface area contributed by atoms with Gasteiger partial charge in [0.05, 0.1) is 7.11 Å². The van der Waals surface area contributed by atoms with Crippen molar-refractivity contribution in [3.8, 4) is 5.75 Å². The van der Waals surface area contributed by atoms with E-state index in [0.717, 1.165) is 11.1 Å². The standard InChI is InChI=1S/C10H11FO/c1-7(2)8-4-5-9(11)10(6-8)12-3/h4-6H,1H2,2-3H3/i11-1. The largest absolute Gasteiger partial charge is 0.494 e. The zero-order valence-corrected chi connectivity index (χ0v) is 7.23. The highest BCUT2D eigenvalue weighted by molar-refractivity contribution is 5.62. The SMILES string of the molecule is C=C(C)c1ccc([18F])c(OC)c1. The molecule has 1 aromatic rings. The minimum atomic E-state index is -0.345. The monoisotopic (exact) mass is 165 g/mol. The van der Waals surface area contributed by atoms with Crippen LogP contribution in [0.25, 0.3) is 5.57 Å². The Bertz CT molecular complexity index is 305. The van der Waals surface area contributed by atoms with Crippen molar-refractivity contribution in [3.63, 3.8) is 0 Å². The fraction of sp³-hybridized carbons (Fsp3) is 0.200. The molecular formula is C10H11FO. The average Bonchev–Trinajstić information content (AvgIpc) is 2.05. The summed E-state index contributed by atoms with van der Waals surface area (Å²) in [5.41, 5.74) is 1.79. The Morgan fingerprint density at radius 3 is 2.67 bits per heavy atom. The van der Waals surface area contributed by atoms with Gasteiger partial charge in [-0.15, -0.1) is 0 Å². The van der Waals surface area contributed by atoms with E-state index in [0.29, 0.717) is 0 Å². The van der Waals surface area contributed by atoms with Crippen molar-refractivity contribution >= 4 is 5.57 Å². The normalized spacial score (nSPS) is 9.58. The summed E-state index contributed by atoms with van der Waals surface area (Å²) in [5, 5.41) is 0. The van der Waals surface area contributed by atoms with Crippen molar-refractivity contribution in [3.05, 3.63) is 36.2 Å². The van der Waals surface area contributed by atoms with E-state index in [-0.39, 0.29) is 11.6 Å². The number of benzene rings is 1. The Hall–Kier alpha value is -1.31. The molecule has 0 amide bonds. The van der Waals surface area contributed by atoms with Crippen LogP contribution in [0.15, 0.2) is 24.8 Å². The molecule has 1 rings (SSSR count). The topological polar surface area (TPSA) is 9.23 Å². The van der Waals surface area contributed by atoms with Crippen molar-refractivity contribution in [1.29, 1.82) is 0 Å². The number of allylic oxidation sites excluding steroid dienone is 1. The maximum atomic E-state index is 12.9. The molecule has 2 heteroatoms. The molecule has 0 heterocycles. The van der Waals surface area contributed by atoms with Crippen LogP contribution in [0.3, 0.4) is 0 Å². The third-order valence-electron chi connectivity index (χ3n) is 1.64. The first-order chi connectivity index (χ1) is 5.65. The maximum absolute atomic E-state index is 12.9. The predicted molar refractivity (Wildman–Crippen MR) is 47.7 cm³/mol. The van der Waals surface area contributed by atoms with Crippen LogP contribution in [-0.4, -0.2) is 7.11 Å². The van der Waals surface area contributed by atoms with E-state index in [1.165, 1.54) is 13.2 Å². The Morgan fingerprint density at radius 1 is 1.50 bits per heavy atom. The lowest BCUT2D eigenvalue weighted by Crippen LogP contribution is -1.89. The highest BCUT2D eigenvalue weighted by Gasteiger charge is 2.02. The van der Waals surface area contributed by atoms with Crippen LogP contribution in [0.4, 0.5) is 4.39 Å². The first-order valence-electron chi connectivity index (χ1n) is 3.64. The molecule has 64 valence electrons. The molecule has 0 aliphatic carbocycles. The summed E-state index contributed by atoms with van der Waals surface area (Å²) in [4.78, 5) is 0. The van der Waals surface area contributed by atoms with E-state index in [1.54, 1.807) is 12.1 Å². The maximum Gasteiger partial charge on any atom is 0.165 e. The van der Waals surface area contributed by atoms with Gasteiger partial charge >= 0.3 is 0 Å². The number of methoxy groups -OCH3 is 1. The third kappa shape index (κ3) is 1.64. The minimum Gasteiger partial charge on any atom is -0.494 e. The van der Waals surface area contributed by atoms with Crippen molar-refractivity contribution < 1.29 is 9.13 Å². The lowest BCUT2D eigenvalue weighted by atomic mass is 10.1. The number of rotatable bonds is 2. The second-order valence-electron chi connectivity index (χ2n) is 2.63. The summed E-state index contributed by atoms with van der Waals surface area (Å²) in [6.45, 7) is 5.62. The van der Waals surface area contributed by atoms with Crippen LogP contribution in [0, 0.1) is 5.82 Å².